The molecule has 1 aromatic carbocycles. The molecule has 1 aliphatic carbocycles. The van der Waals surface area contributed by atoms with Gasteiger partial charge in [0.05, 0.1) is 23.1 Å². The third-order valence-corrected chi connectivity index (χ3v) is 5.84. The zero-order chi connectivity index (χ0) is 19.2. The molecule has 4 heterocycles. The molecule has 4 aromatic rings. The van der Waals surface area contributed by atoms with Gasteiger partial charge < -0.3 is 10.3 Å². The van der Waals surface area contributed by atoms with Gasteiger partial charge in [-0.15, -0.1) is 0 Å². The van der Waals surface area contributed by atoms with E-state index in [4.69, 9.17) is 0 Å². The monoisotopic (exact) mass is 379 g/mol. The molecular weight excluding hydrogens is 358 g/mol. The normalized spacial score (nSPS) is 16.6. The van der Waals surface area contributed by atoms with Gasteiger partial charge in [-0.3, -0.25) is 10.1 Å². The van der Waals surface area contributed by atoms with Crippen molar-refractivity contribution in [2.75, 3.05) is 13.1 Å². The van der Waals surface area contributed by atoms with Crippen LogP contribution in [0.25, 0.3) is 44.3 Å². The molecule has 3 N–H and O–H groups in total. The molecule has 3 aromatic heterocycles. The topological polar surface area (TPSA) is 69.4 Å². The van der Waals surface area contributed by atoms with E-state index in [1.807, 2.05) is 6.20 Å². The fourth-order valence-corrected chi connectivity index (χ4v) is 4.35. The van der Waals surface area contributed by atoms with Crippen molar-refractivity contribution in [2.24, 2.45) is 0 Å². The predicted octanol–water partition coefficient (Wildman–Crippen LogP) is 4.83. The summed E-state index contributed by atoms with van der Waals surface area (Å²) in [6, 6.07) is 10.8. The highest BCUT2D eigenvalue weighted by molar-refractivity contribution is 6.01. The number of hydrogen-bond acceptors (Lipinski definition) is 3. The Morgan fingerprint density at radius 2 is 2.00 bits per heavy atom. The van der Waals surface area contributed by atoms with E-state index in [1.165, 1.54) is 22.1 Å². The molecule has 142 valence electrons. The Morgan fingerprint density at radius 3 is 2.86 bits per heavy atom. The summed E-state index contributed by atoms with van der Waals surface area (Å²) in [4.78, 5) is 8.23. The highest BCUT2D eigenvalue weighted by Crippen LogP contribution is 2.34. The first-order chi connectivity index (χ1) is 14.4. The Bertz CT molecular complexity index is 1330. The molecule has 0 saturated heterocycles. The molecule has 0 bridgehead atoms. The molecule has 2 aliphatic rings. The van der Waals surface area contributed by atoms with Crippen molar-refractivity contribution < 1.29 is 0 Å². The van der Waals surface area contributed by atoms with Crippen LogP contribution in [-0.4, -0.2) is 33.3 Å². The molecular formula is C24H21N5. The fraction of sp³-hybridized carbons (Fsp3) is 0.167. The zero-order valence-electron chi connectivity index (χ0n) is 16.0. The minimum absolute atomic E-state index is 0.905. The van der Waals surface area contributed by atoms with Crippen molar-refractivity contribution in [3.8, 4) is 11.4 Å². The molecule has 0 atom stereocenters. The Hall–Kier alpha value is -3.44. The van der Waals surface area contributed by atoms with Crippen LogP contribution < -0.4 is 5.32 Å². The minimum atomic E-state index is 0.905. The molecule has 5 nitrogen and oxygen atoms in total. The average Bonchev–Trinajstić information content (AvgIpc) is 3.52. The van der Waals surface area contributed by atoms with Crippen LogP contribution in [0.2, 0.25) is 0 Å². The van der Waals surface area contributed by atoms with Crippen LogP contribution in [0.1, 0.15) is 24.1 Å². The summed E-state index contributed by atoms with van der Waals surface area (Å²) in [5.74, 6) is 0. The third kappa shape index (κ3) is 2.74. The number of pyridine rings is 1. The van der Waals surface area contributed by atoms with Gasteiger partial charge in [-0.2, -0.15) is 5.10 Å². The minimum Gasteiger partial charge on any atom is -0.353 e. The number of H-pyrrole nitrogens is 2. The summed E-state index contributed by atoms with van der Waals surface area (Å²) in [7, 11) is 0. The van der Waals surface area contributed by atoms with Gasteiger partial charge in [-0.25, -0.2) is 0 Å². The molecule has 29 heavy (non-hydrogen) atoms. The summed E-state index contributed by atoms with van der Waals surface area (Å²) in [6.07, 6.45) is 12.8. The molecule has 0 unspecified atom stereocenters. The van der Waals surface area contributed by atoms with Crippen molar-refractivity contribution in [3.05, 3.63) is 72.1 Å². The first-order valence-electron chi connectivity index (χ1n) is 10.1. The van der Waals surface area contributed by atoms with E-state index in [-0.39, 0.29) is 0 Å². The molecule has 0 spiro atoms. The van der Waals surface area contributed by atoms with Crippen LogP contribution in [-0.2, 0) is 0 Å². The van der Waals surface area contributed by atoms with Crippen molar-refractivity contribution in [1.29, 1.82) is 0 Å². The second kappa shape index (κ2) is 6.57. The summed E-state index contributed by atoms with van der Waals surface area (Å²) in [5, 5.41) is 13.4. The maximum Gasteiger partial charge on any atom is 0.116 e. The zero-order valence-corrected chi connectivity index (χ0v) is 16.0. The van der Waals surface area contributed by atoms with Crippen molar-refractivity contribution >= 4 is 33.0 Å². The van der Waals surface area contributed by atoms with E-state index in [0.717, 1.165) is 59.4 Å². The average molecular weight is 379 g/mol. The van der Waals surface area contributed by atoms with Gasteiger partial charge in [0.2, 0.25) is 0 Å². The first-order valence-corrected chi connectivity index (χ1v) is 10.1. The number of aromatic nitrogens is 4. The smallest absolute Gasteiger partial charge is 0.116 e. The van der Waals surface area contributed by atoms with Gasteiger partial charge in [0, 0.05) is 22.8 Å². The van der Waals surface area contributed by atoms with Crippen molar-refractivity contribution in [3.63, 3.8) is 0 Å². The quantitative estimate of drug-likeness (QED) is 0.478. The number of rotatable bonds is 3. The number of nitrogens with zero attached hydrogens (tertiary/aromatic N) is 2. The third-order valence-electron chi connectivity index (χ3n) is 5.84. The number of nitrogens with one attached hydrogen (secondary N) is 3. The van der Waals surface area contributed by atoms with Gasteiger partial charge in [-0.05, 0) is 54.3 Å². The lowest BCUT2D eigenvalue weighted by Crippen LogP contribution is -2.20. The standard InChI is InChI=1S/C24H21N5/c1-2-5-15(4-1)17-6-3-7-20-18(17)12-22(27-20)24-19-13-21(16-8-10-25-11-9-16)26-14-23(19)28-29-24/h1,3-8,12-14,25,27H,2,9-11H2,(H,28,29). The van der Waals surface area contributed by atoms with Crippen LogP contribution >= 0.6 is 0 Å². The second-order valence-corrected chi connectivity index (χ2v) is 7.62. The highest BCUT2D eigenvalue weighted by atomic mass is 15.1. The Morgan fingerprint density at radius 1 is 1.00 bits per heavy atom. The second-order valence-electron chi connectivity index (χ2n) is 7.62. The number of benzene rings is 1. The van der Waals surface area contributed by atoms with Crippen molar-refractivity contribution in [2.45, 2.75) is 12.8 Å². The van der Waals surface area contributed by atoms with Gasteiger partial charge in [0.25, 0.3) is 0 Å². The van der Waals surface area contributed by atoms with Gasteiger partial charge >= 0.3 is 0 Å². The van der Waals surface area contributed by atoms with Crippen LogP contribution in [0.4, 0.5) is 0 Å². The Kier molecular flexibility index (Phi) is 3.74. The largest absolute Gasteiger partial charge is 0.353 e. The summed E-state index contributed by atoms with van der Waals surface area (Å²) in [5.41, 5.74) is 8.95. The van der Waals surface area contributed by atoms with Crippen LogP contribution in [0.15, 0.2) is 60.8 Å². The fourth-order valence-electron chi connectivity index (χ4n) is 4.35. The van der Waals surface area contributed by atoms with Crippen LogP contribution in [0.5, 0.6) is 0 Å². The van der Waals surface area contributed by atoms with Crippen LogP contribution in [0.3, 0.4) is 0 Å². The van der Waals surface area contributed by atoms with E-state index in [1.54, 1.807) is 0 Å². The molecule has 0 radical (unpaired) electrons. The van der Waals surface area contributed by atoms with E-state index in [9.17, 15) is 0 Å². The number of fused-ring (bicyclic) bond motifs is 2. The lowest BCUT2D eigenvalue weighted by molar-refractivity contribution is 0.737. The van der Waals surface area contributed by atoms with Gasteiger partial charge in [-0.1, -0.05) is 36.4 Å². The molecule has 0 amide bonds. The first kappa shape index (κ1) is 16.5. The summed E-state index contributed by atoms with van der Waals surface area (Å²) in [6.45, 7) is 1.90. The van der Waals surface area contributed by atoms with E-state index >= 15 is 0 Å². The van der Waals surface area contributed by atoms with E-state index in [0.29, 0.717) is 0 Å². The van der Waals surface area contributed by atoms with E-state index < -0.39 is 0 Å². The summed E-state index contributed by atoms with van der Waals surface area (Å²) >= 11 is 0. The van der Waals surface area contributed by atoms with Crippen molar-refractivity contribution in [1.82, 2.24) is 25.5 Å². The number of hydrogen-bond donors (Lipinski definition) is 3. The van der Waals surface area contributed by atoms with E-state index in [2.05, 4.69) is 80.1 Å². The van der Waals surface area contributed by atoms with Gasteiger partial charge in [0.1, 0.15) is 5.69 Å². The van der Waals surface area contributed by atoms with Gasteiger partial charge in [0.15, 0.2) is 0 Å². The molecule has 5 heteroatoms. The lowest BCUT2D eigenvalue weighted by atomic mass is 10.0. The maximum absolute atomic E-state index is 4.65. The Balaban J connectivity index is 1.49. The lowest BCUT2D eigenvalue weighted by Gasteiger charge is -2.13. The molecule has 0 saturated carbocycles. The molecule has 1 aliphatic heterocycles. The maximum atomic E-state index is 4.65. The molecule has 6 rings (SSSR count). The SMILES string of the molecule is C1=CC(c2cccc3[nH]c(-c4n[nH]c5cnc(C6=CCNCC6)cc45)cc23)=CC1. The molecule has 0 fully saturated rings. The van der Waals surface area contributed by atoms with Crippen LogP contribution in [0, 0.1) is 0 Å². The summed E-state index contributed by atoms with van der Waals surface area (Å²) < 4.78 is 0. The number of allylic oxidation sites excluding steroid dienone is 4. The Labute approximate surface area is 168 Å². The predicted molar refractivity (Wildman–Crippen MR) is 118 cm³/mol. The highest BCUT2D eigenvalue weighted by Gasteiger charge is 2.16. The number of aromatic amines is 2.